The Morgan fingerprint density at radius 1 is 1.25 bits per heavy atom. The van der Waals surface area contributed by atoms with Gasteiger partial charge in [-0.3, -0.25) is 0 Å². The summed E-state index contributed by atoms with van der Waals surface area (Å²) in [5.74, 6) is 0.991. The van der Waals surface area contributed by atoms with Crippen molar-refractivity contribution < 1.29 is 0 Å². The normalized spacial score (nSPS) is 24.0. The van der Waals surface area contributed by atoms with Crippen LogP contribution in [0.2, 0.25) is 0 Å². The van der Waals surface area contributed by atoms with Crippen molar-refractivity contribution in [3.05, 3.63) is 16.1 Å². The number of aromatic nitrogens is 1. The van der Waals surface area contributed by atoms with Gasteiger partial charge in [-0.05, 0) is 31.6 Å². The molecule has 2 nitrogen and oxygen atoms in total. The molecule has 1 heterocycles. The first-order valence-electron chi connectivity index (χ1n) is 8.17. The van der Waals surface area contributed by atoms with E-state index in [0.717, 1.165) is 12.5 Å². The highest BCUT2D eigenvalue weighted by Crippen LogP contribution is 2.28. The van der Waals surface area contributed by atoms with E-state index < -0.39 is 0 Å². The maximum atomic E-state index is 4.77. The van der Waals surface area contributed by atoms with Crippen molar-refractivity contribution in [3.63, 3.8) is 0 Å². The van der Waals surface area contributed by atoms with Gasteiger partial charge in [-0.15, -0.1) is 11.3 Å². The summed E-state index contributed by atoms with van der Waals surface area (Å²) in [7, 11) is 0. The molecule has 0 amide bonds. The van der Waals surface area contributed by atoms with Crippen molar-refractivity contribution in [1.82, 2.24) is 10.3 Å². The third kappa shape index (κ3) is 4.56. The Kier molecular flexibility index (Phi) is 5.62. The van der Waals surface area contributed by atoms with Gasteiger partial charge in [0.25, 0.3) is 0 Å². The first-order chi connectivity index (χ1) is 9.49. The van der Waals surface area contributed by atoms with E-state index in [4.69, 9.17) is 4.98 Å². The summed E-state index contributed by atoms with van der Waals surface area (Å²) in [6, 6.07) is 0.711. The van der Waals surface area contributed by atoms with Crippen LogP contribution >= 0.6 is 11.3 Å². The molecule has 0 spiro atoms. The van der Waals surface area contributed by atoms with Gasteiger partial charge in [0, 0.05) is 23.4 Å². The highest BCUT2D eigenvalue weighted by atomic mass is 32.1. The van der Waals surface area contributed by atoms with E-state index in [1.54, 1.807) is 11.3 Å². The van der Waals surface area contributed by atoms with E-state index in [2.05, 4.69) is 38.4 Å². The largest absolute Gasteiger partial charge is 0.308 e. The molecule has 0 unspecified atom stereocenters. The summed E-state index contributed by atoms with van der Waals surface area (Å²) in [5.41, 5.74) is 1.40. The average Bonchev–Trinajstić information content (AvgIpc) is 2.87. The Balaban J connectivity index is 1.75. The van der Waals surface area contributed by atoms with Crippen LogP contribution in [0.4, 0.5) is 0 Å². The Labute approximate surface area is 128 Å². The number of nitrogens with one attached hydrogen (secondary N) is 1. The molecular weight excluding hydrogens is 264 g/mol. The van der Waals surface area contributed by atoms with E-state index in [0.29, 0.717) is 6.04 Å². The highest BCUT2D eigenvalue weighted by molar-refractivity contribution is 7.09. The molecule has 0 atom stereocenters. The van der Waals surface area contributed by atoms with Gasteiger partial charge in [-0.2, -0.15) is 0 Å². The second kappa shape index (κ2) is 7.04. The molecule has 1 fully saturated rings. The maximum absolute atomic E-state index is 4.77. The summed E-state index contributed by atoms with van der Waals surface area (Å²) in [5, 5.41) is 7.18. The summed E-state index contributed by atoms with van der Waals surface area (Å²) in [6.07, 6.45) is 8.29. The van der Waals surface area contributed by atoms with Gasteiger partial charge in [-0.25, -0.2) is 4.98 Å². The van der Waals surface area contributed by atoms with Crippen LogP contribution in [-0.4, -0.2) is 11.0 Å². The lowest BCUT2D eigenvalue weighted by Crippen LogP contribution is -2.32. The summed E-state index contributed by atoms with van der Waals surface area (Å²) >= 11 is 1.80. The molecule has 1 saturated carbocycles. The van der Waals surface area contributed by atoms with Crippen LogP contribution in [0.25, 0.3) is 0 Å². The molecule has 0 radical (unpaired) electrons. The fraction of sp³-hybridized carbons (Fsp3) is 0.824. The highest BCUT2D eigenvalue weighted by Gasteiger charge is 2.21. The SMILES string of the molecule is CCCC1CCC(NCc2csc(C(C)(C)C)n2)CC1. The van der Waals surface area contributed by atoms with Gasteiger partial charge in [0.2, 0.25) is 0 Å². The van der Waals surface area contributed by atoms with Crippen LogP contribution in [0.5, 0.6) is 0 Å². The number of hydrogen-bond donors (Lipinski definition) is 1. The van der Waals surface area contributed by atoms with Crippen LogP contribution in [0.15, 0.2) is 5.38 Å². The zero-order valence-electron chi connectivity index (χ0n) is 13.5. The Morgan fingerprint density at radius 3 is 2.50 bits per heavy atom. The zero-order chi connectivity index (χ0) is 14.6. The van der Waals surface area contributed by atoms with E-state index in [1.165, 1.54) is 49.2 Å². The third-order valence-electron chi connectivity index (χ3n) is 4.31. The monoisotopic (exact) mass is 294 g/mol. The minimum Gasteiger partial charge on any atom is -0.308 e. The lowest BCUT2D eigenvalue weighted by Gasteiger charge is -2.28. The quantitative estimate of drug-likeness (QED) is 0.836. The summed E-state index contributed by atoms with van der Waals surface area (Å²) < 4.78 is 0. The van der Waals surface area contributed by atoms with E-state index in [1.807, 2.05) is 0 Å². The molecule has 2 rings (SSSR count). The van der Waals surface area contributed by atoms with Gasteiger partial charge >= 0.3 is 0 Å². The van der Waals surface area contributed by atoms with Crippen molar-refractivity contribution in [2.45, 2.75) is 84.2 Å². The fourth-order valence-corrected chi connectivity index (χ4v) is 3.95. The Morgan fingerprint density at radius 2 is 1.95 bits per heavy atom. The second-order valence-corrected chi connectivity index (χ2v) is 8.14. The predicted molar refractivity (Wildman–Crippen MR) is 88.3 cm³/mol. The summed E-state index contributed by atoms with van der Waals surface area (Å²) in [4.78, 5) is 4.77. The lowest BCUT2D eigenvalue weighted by molar-refractivity contribution is 0.277. The molecule has 0 aliphatic heterocycles. The molecule has 1 aliphatic carbocycles. The van der Waals surface area contributed by atoms with Gasteiger partial charge in [0.15, 0.2) is 0 Å². The van der Waals surface area contributed by atoms with Gasteiger partial charge < -0.3 is 5.32 Å². The van der Waals surface area contributed by atoms with Crippen LogP contribution in [0.1, 0.15) is 76.9 Å². The van der Waals surface area contributed by atoms with E-state index in [-0.39, 0.29) is 5.41 Å². The predicted octanol–water partition coefficient (Wildman–Crippen LogP) is 4.89. The van der Waals surface area contributed by atoms with Gasteiger partial charge in [0.1, 0.15) is 0 Å². The van der Waals surface area contributed by atoms with E-state index in [9.17, 15) is 0 Å². The average molecular weight is 295 g/mol. The van der Waals surface area contributed by atoms with Crippen LogP contribution in [0.3, 0.4) is 0 Å². The molecule has 114 valence electrons. The first kappa shape index (κ1) is 16.0. The molecule has 1 aromatic rings. The van der Waals surface area contributed by atoms with Crippen LogP contribution in [-0.2, 0) is 12.0 Å². The van der Waals surface area contributed by atoms with Crippen LogP contribution in [0, 0.1) is 5.92 Å². The minimum atomic E-state index is 0.182. The Bertz CT molecular complexity index is 397. The van der Waals surface area contributed by atoms with Gasteiger partial charge in [0.05, 0.1) is 10.7 Å². The molecule has 0 aromatic carbocycles. The number of nitrogens with zero attached hydrogens (tertiary/aromatic N) is 1. The molecule has 1 N–H and O–H groups in total. The number of thiazole rings is 1. The minimum absolute atomic E-state index is 0.182. The standard InChI is InChI=1S/C17H30N2S/c1-5-6-13-7-9-14(10-8-13)18-11-15-12-20-16(19-15)17(2,3)4/h12-14,18H,5-11H2,1-4H3. The van der Waals surface area contributed by atoms with Crippen LogP contribution < -0.4 is 5.32 Å². The van der Waals surface area contributed by atoms with Crippen molar-refractivity contribution in [2.75, 3.05) is 0 Å². The lowest BCUT2D eigenvalue weighted by atomic mass is 9.83. The molecule has 1 aromatic heterocycles. The fourth-order valence-electron chi connectivity index (χ4n) is 3.05. The first-order valence-corrected chi connectivity index (χ1v) is 9.05. The van der Waals surface area contributed by atoms with Crippen molar-refractivity contribution in [1.29, 1.82) is 0 Å². The third-order valence-corrected chi connectivity index (χ3v) is 5.63. The smallest absolute Gasteiger partial charge is 0.0982 e. The summed E-state index contributed by atoms with van der Waals surface area (Å²) in [6.45, 7) is 9.95. The zero-order valence-corrected chi connectivity index (χ0v) is 14.4. The number of hydrogen-bond acceptors (Lipinski definition) is 3. The molecule has 0 bridgehead atoms. The van der Waals surface area contributed by atoms with Crippen molar-refractivity contribution >= 4 is 11.3 Å². The second-order valence-electron chi connectivity index (χ2n) is 7.28. The molecule has 3 heteroatoms. The topological polar surface area (TPSA) is 24.9 Å². The maximum Gasteiger partial charge on any atom is 0.0982 e. The van der Waals surface area contributed by atoms with Crippen molar-refractivity contribution in [3.8, 4) is 0 Å². The number of rotatable bonds is 5. The molecule has 20 heavy (non-hydrogen) atoms. The van der Waals surface area contributed by atoms with Gasteiger partial charge in [-0.1, -0.05) is 40.5 Å². The van der Waals surface area contributed by atoms with Crippen molar-refractivity contribution in [2.24, 2.45) is 5.92 Å². The molecular formula is C17H30N2S. The molecule has 1 aliphatic rings. The Hall–Kier alpha value is -0.410. The molecule has 0 saturated heterocycles. The van der Waals surface area contributed by atoms with E-state index >= 15 is 0 Å².